The highest BCUT2D eigenvalue weighted by molar-refractivity contribution is 6.33. The van der Waals surface area contributed by atoms with Gasteiger partial charge in [0, 0.05) is 6.54 Å². The van der Waals surface area contributed by atoms with Gasteiger partial charge in [0.05, 0.1) is 17.8 Å². The average molecular weight is 356 g/mol. The van der Waals surface area contributed by atoms with E-state index in [-0.39, 0.29) is 19.0 Å². The highest BCUT2D eigenvalue weighted by Gasteiger charge is 2.16. The Bertz CT molecular complexity index is 592. The molecule has 132 valence electrons. The Morgan fingerprint density at radius 2 is 1.75 bits per heavy atom. The van der Waals surface area contributed by atoms with Crippen LogP contribution < -0.4 is 20.9 Å². The van der Waals surface area contributed by atoms with Crippen molar-refractivity contribution in [2.45, 2.75) is 13.8 Å². The van der Waals surface area contributed by atoms with Gasteiger partial charge in [-0.3, -0.25) is 14.9 Å². The van der Waals surface area contributed by atoms with Gasteiger partial charge in [0.15, 0.2) is 13.1 Å². The Labute approximate surface area is 146 Å². The summed E-state index contributed by atoms with van der Waals surface area (Å²) in [6, 6.07) is 6.38. The lowest BCUT2D eigenvalue weighted by molar-refractivity contribution is -0.862. The Kier molecular flexibility index (Phi) is 8.21. The van der Waals surface area contributed by atoms with Crippen LogP contribution in [0.1, 0.15) is 13.8 Å². The number of hydrogen-bond acceptors (Lipinski definition) is 3. The number of likely N-dealkylation sites (N-methyl/N-ethyl adjacent to an activating group) is 1. The first-order chi connectivity index (χ1) is 11.3. The molecule has 0 aliphatic rings. The lowest BCUT2D eigenvalue weighted by atomic mass is 10.2. The van der Waals surface area contributed by atoms with E-state index in [9.17, 15) is 14.4 Å². The van der Waals surface area contributed by atoms with Crippen molar-refractivity contribution in [3.8, 4) is 0 Å². The van der Waals surface area contributed by atoms with Gasteiger partial charge in [0.2, 0.25) is 0 Å². The molecule has 0 aliphatic carbocycles. The third kappa shape index (κ3) is 7.94. The van der Waals surface area contributed by atoms with E-state index in [1.165, 1.54) is 0 Å². The van der Waals surface area contributed by atoms with Crippen LogP contribution in [0.2, 0.25) is 5.02 Å². The summed E-state index contributed by atoms with van der Waals surface area (Å²) < 4.78 is 0. The van der Waals surface area contributed by atoms with Crippen LogP contribution in [0.15, 0.2) is 24.3 Å². The van der Waals surface area contributed by atoms with Crippen molar-refractivity contribution in [3.05, 3.63) is 29.3 Å². The Morgan fingerprint density at radius 1 is 1.12 bits per heavy atom. The maximum Gasteiger partial charge on any atom is 0.321 e. The summed E-state index contributed by atoms with van der Waals surface area (Å²) in [5.74, 6) is -0.412. The summed E-state index contributed by atoms with van der Waals surface area (Å²) in [7, 11) is 1.69. The number of amides is 4. The molecule has 1 aromatic rings. The second-order valence-electron chi connectivity index (χ2n) is 5.99. The van der Waals surface area contributed by atoms with E-state index < -0.39 is 11.9 Å². The molecule has 0 radical (unpaired) electrons. The molecule has 0 saturated carbocycles. The number of benzene rings is 1. The highest BCUT2D eigenvalue weighted by atomic mass is 35.5. The fraction of sp³-hybridized carbons (Fsp3) is 0.438. The van der Waals surface area contributed by atoms with E-state index >= 15 is 0 Å². The van der Waals surface area contributed by atoms with E-state index in [1.807, 2.05) is 13.8 Å². The van der Waals surface area contributed by atoms with Gasteiger partial charge < -0.3 is 15.5 Å². The standard InChI is InChI=1S/C16H23ClN4O3/c1-11(2)8-18-16(24)20-15(23)10-21(3)9-14(22)19-13-7-5-4-6-12(13)17/h4-7,11H,8-10H2,1-3H3,(H,19,22)(H2,18,20,23,24)/p+1. The second-order valence-corrected chi connectivity index (χ2v) is 6.40. The van der Waals surface area contributed by atoms with Crippen LogP contribution in [0, 0.1) is 5.92 Å². The molecule has 0 fully saturated rings. The van der Waals surface area contributed by atoms with Crippen LogP contribution in [0.3, 0.4) is 0 Å². The molecule has 7 nitrogen and oxygen atoms in total. The van der Waals surface area contributed by atoms with Gasteiger partial charge in [0.25, 0.3) is 11.8 Å². The maximum atomic E-state index is 12.0. The van der Waals surface area contributed by atoms with Gasteiger partial charge in [-0.1, -0.05) is 37.6 Å². The first-order valence-electron chi connectivity index (χ1n) is 7.71. The second kappa shape index (κ2) is 9.89. The van der Waals surface area contributed by atoms with E-state index in [0.29, 0.717) is 28.1 Å². The van der Waals surface area contributed by atoms with Gasteiger partial charge in [-0.25, -0.2) is 4.79 Å². The van der Waals surface area contributed by atoms with Crippen LogP contribution in [0.5, 0.6) is 0 Å². The fourth-order valence-corrected chi connectivity index (χ4v) is 2.06. The molecule has 8 heteroatoms. The predicted octanol–water partition coefficient (Wildman–Crippen LogP) is 0.275. The summed E-state index contributed by atoms with van der Waals surface area (Å²) in [5, 5.41) is 7.96. The molecule has 1 unspecified atom stereocenters. The molecule has 4 amide bonds. The minimum Gasteiger partial charge on any atom is -0.338 e. The number of urea groups is 1. The van der Waals surface area contributed by atoms with Gasteiger partial charge in [0.1, 0.15) is 0 Å². The third-order valence-electron chi connectivity index (χ3n) is 3.00. The van der Waals surface area contributed by atoms with Gasteiger partial charge in [-0.15, -0.1) is 0 Å². The summed E-state index contributed by atoms with van der Waals surface area (Å²) in [4.78, 5) is 35.9. The smallest absolute Gasteiger partial charge is 0.321 e. The predicted molar refractivity (Wildman–Crippen MR) is 93.1 cm³/mol. The van der Waals surface area contributed by atoms with E-state index in [4.69, 9.17) is 11.6 Å². The molecule has 0 saturated heterocycles. The topological polar surface area (TPSA) is 91.7 Å². The average Bonchev–Trinajstić information content (AvgIpc) is 2.47. The summed E-state index contributed by atoms with van der Waals surface area (Å²) in [5.41, 5.74) is 0.523. The van der Waals surface area contributed by atoms with Crippen molar-refractivity contribution in [3.63, 3.8) is 0 Å². The SMILES string of the molecule is CC(C)CNC(=O)NC(=O)C[NH+](C)CC(=O)Nc1ccccc1Cl. The van der Waals surface area contributed by atoms with Gasteiger partial charge in [-0.2, -0.15) is 0 Å². The van der Waals surface area contributed by atoms with Gasteiger partial charge >= 0.3 is 6.03 Å². The first-order valence-corrected chi connectivity index (χ1v) is 8.09. The summed E-state index contributed by atoms with van der Waals surface area (Å²) >= 11 is 5.97. The molecule has 1 atom stereocenters. The van der Waals surface area contributed by atoms with Crippen molar-refractivity contribution >= 4 is 35.1 Å². The molecule has 0 bridgehead atoms. The number of anilines is 1. The van der Waals surface area contributed by atoms with E-state index in [2.05, 4.69) is 16.0 Å². The van der Waals surface area contributed by atoms with Crippen molar-refractivity contribution < 1.29 is 19.3 Å². The van der Waals surface area contributed by atoms with Crippen molar-refractivity contribution in [2.75, 3.05) is 32.0 Å². The lowest BCUT2D eigenvalue weighted by Crippen LogP contribution is -3.11. The zero-order chi connectivity index (χ0) is 18.1. The first kappa shape index (κ1) is 19.9. The largest absolute Gasteiger partial charge is 0.338 e. The number of para-hydroxylation sites is 1. The van der Waals surface area contributed by atoms with Gasteiger partial charge in [-0.05, 0) is 18.1 Å². The Balaban J connectivity index is 2.35. The Morgan fingerprint density at radius 3 is 2.38 bits per heavy atom. The maximum absolute atomic E-state index is 12.0. The number of quaternary nitrogens is 1. The Hall–Kier alpha value is -2.12. The van der Waals surface area contributed by atoms with Crippen LogP contribution in [-0.2, 0) is 9.59 Å². The zero-order valence-electron chi connectivity index (χ0n) is 14.1. The van der Waals surface area contributed by atoms with Crippen molar-refractivity contribution in [1.82, 2.24) is 10.6 Å². The molecule has 1 rings (SSSR count). The lowest BCUT2D eigenvalue weighted by Gasteiger charge is -2.14. The molecule has 24 heavy (non-hydrogen) atoms. The zero-order valence-corrected chi connectivity index (χ0v) is 14.9. The fourth-order valence-electron chi connectivity index (χ4n) is 1.88. The molecular weight excluding hydrogens is 332 g/mol. The number of nitrogens with one attached hydrogen (secondary N) is 4. The molecule has 0 aromatic heterocycles. The number of halogens is 1. The van der Waals surface area contributed by atoms with E-state index in [1.54, 1.807) is 31.3 Å². The number of rotatable bonds is 7. The summed E-state index contributed by atoms with van der Waals surface area (Å²) in [6.07, 6.45) is 0. The molecule has 0 spiro atoms. The molecule has 1 aromatic carbocycles. The normalized spacial score (nSPS) is 11.7. The van der Waals surface area contributed by atoms with Crippen LogP contribution in [0.25, 0.3) is 0 Å². The van der Waals surface area contributed by atoms with Crippen molar-refractivity contribution in [2.24, 2.45) is 5.92 Å². The third-order valence-corrected chi connectivity index (χ3v) is 3.33. The van der Waals surface area contributed by atoms with E-state index in [0.717, 1.165) is 0 Å². The number of hydrogen-bond donors (Lipinski definition) is 4. The van der Waals surface area contributed by atoms with Crippen LogP contribution >= 0.6 is 11.6 Å². The number of carbonyl (C=O) groups excluding carboxylic acids is 3. The monoisotopic (exact) mass is 355 g/mol. The quantitative estimate of drug-likeness (QED) is 0.566. The number of carbonyl (C=O) groups is 3. The highest BCUT2D eigenvalue weighted by Crippen LogP contribution is 2.19. The molecule has 4 N–H and O–H groups in total. The van der Waals surface area contributed by atoms with Crippen LogP contribution in [-0.4, -0.2) is 44.5 Å². The number of imide groups is 1. The molecule has 0 heterocycles. The minimum atomic E-state index is -0.526. The van der Waals surface area contributed by atoms with Crippen molar-refractivity contribution in [1.29, 1.82) is 0 Å². The molecule has 0 aliphatic heterocycles. The van der Waals surface area contributed by atoms with Crippen LogP contribution in [0.4, 0.5) is 10.5 Å². The summed E-state index contributed by atoms with van der Waals surface area (Å²) in [6.45, 7) is 4.48. The molecular formula is C16H24ClN4O3+. The minimum absolute atomic E-state index is 0.00500.